The van der Waals surface area contributed by atoms with Crippen molar-refractivity contribution in [1.29, 1.82) is 0 Å². The van der Waals surface area contributed by atoms with Crippen LogP contribution in [0, 0.1) is 13.8 Å². The molecule has 0 aromatic carbocycles. The molecule has 0 atom stereocenters. The Balaban J connectivity index is 0.00000288. The molecule has 2 rings (SSSR count). The van der Waals surface area contributed by atoms with Crippen LogP contribution in [-0.4, -0.2) is 46.3 Å². The second-order valence-corrected chi connectivity index (χ2v) is 6.12. The van der Waals surface area contributed by atoms with Gasteiger partial charge < -0.3 is 10.2 Å². The predicted octanol–water partition coefficient (Wildman–Crippen LogP) is 2.85. The van der Waals surface area contributed by atoms with Crippen LogP contribution >= 0.6 is 12.4 Å². The fourth-order valence-corrected chi connectivity index (χ4v) is 3.27. The molecular formula is C16H27ClF2N4O. The third-order valence-electron chi connectivity index (χ3n) is 4.52. The molecule has 8 heteroatoms. The molecule has 1 amide bonds. The fraction of sp³-hybridized carbons (Fsp3) is 0.750. The van der Waals surface area contributed by atoms with Gasteiger partial charge in [-0.25, -0.2) is 4.68 Å². The van der Waals surface area contributed by atoms with Gasteiger partial charge in [-0.3, -0.25) is 4.79 Å². The normalized spacial score (nSPS) is 15.4. The Bertz CT molecular complexity index is 544. The van der Waals surface area contributed by atoms with Gasteiger partial charge in [0, 0.05) is 23.8 Å². The summed E-state index contributed by atoms with van der Waals surface area (Å²) in [6, 6.07) is 0.245. The van der Waals surface area contributed by atoms with Crippen molar-refractivity contribution in [3.63, 3.8) is 0 Å². The largest absolute Gasteiger partial charge is 0.339 e. The van der Waals surface area contributed by atoms with Gasteiger partial charge in [0.15, 0.2) is 0 Å². The Morgan fingerprint density at radius 1 is 1.38 bits per heavy atom. The average molecular weight is 365 g/mol. The topological polar surface area (TPSA) is 50.2 Å². The molecule has 1 N–H and O–H groups in total. The van der Waals surface area contributed by atoms with Crippen molar-refractivity contribution >= 4 is 18.3 Å². The minimum atomic E-state index is -2.67. The third-order valence-corrected chi connectivity index (χ3v) is 4.52. The summed E-state index contributed by atoms with van der Waals surface area (Å²) in [5.74, 6) is 0.0127. The molecule has 0 aliphatic carbocycles. The lowest BCUT2D eigenvalue weighted by molar-refractivity contribution is -0.133. The summed E-state index contributed by atoms with van der Waals surface area (Å²) in [6.45, 7) is 5.21. The van der Waals surface area contributed by atoms with E-state index in [0.29, 0.717) is 28.2 Å². The number of rotatable bonds is 6. The highest BCUT2D eigenvalue weighted by molar-refractivity contribution is 5.85. The number of hydrogen-bond acceptors (Lipinski definition) is 3. The van der Waals surface area contributed by atoms with E-state index in [4.69, 9.17) is 0 Å². The SMILES string of the molecule is CCCN(C(=O)Cc1c(C)nn(C(F)F)c1C)C1CCNCC1.Cl. The number of nitrogens with zero attached hydrogens (tertiary/aromatic N) is 3. The zero-order chi connectivity index (χ0) is 17.0. The maximum absolute atomic E-state index is 12.9. The van der Waals surface area contributed by atoms with E-state index in [1.807, 2.05) is 11.8 Å². The Labute approximate surface area is 148 Å². The van der Waals surface area contributed by atoms with Gasteiger partial charge in [-0.1, -0.05) is 6.92 Å². The number of amides is 1. The number of aryl methyl sites for hydroxylation is 1. The molecule has 0 bridgehead atoms. The van der Waals surface area contributed by atoms with Gasteiger partial charge in [-0.2, -0.15) is 13.9 Å². The van der Waals surface area contributed by atoms with Gasteiger partial charge in [-0.05, 0) is 46.2 Å². The Kier molecular flexibility index (Phi) is 8.09. The third kappa shape index (κ3) is 4.66. The van der Waals surface area contributed by atoms with Gasteiger partial charge in [0.1, 0.15) is 0 Å². The molecule has 0 radical (unpaired) electrons. The van der Waals surface area contributed by atoms with Crippen molar-refractivity contribution in [2.45, 2.75) is 59.0 Å². The van der Waals surface area contributed by atoms with Gasteiger partial charge in [0.2, 0.25) is 5.91 Å². The van der Waals surface area contributed by atoms with Crippen LogP contribution in [0.15, 0.2) is 0 Å². The number of carbonyl (C=O) groups excluding carboxylic acids is 1. The first-order valence-electron chi connectivity index (χ1n) is 8.28. The summed E-state index contributed by atoms with van der Waals surface area (Å²) < 4.78 is 26.6. The molecule has 24 heavy (non-hydrogen) atoms. The van der Waals surface area contributed by atoms with Crippen molar-refractivity contribution in [2.24, 2.45) is 0 Å². The van der Waals surface area contributed by atoms with Crippen LogP contribution in [0.5, 0.6) is 0 Å². The Morgan fingerprint density at radius 3 is 2.50 bits per heavy atom. The summed E-state index contributed by atoms with van der Waals surface area (Å²) >= 11 is 0. The fourth-order valence-electron chi connectivity index (χ4n) is 3.27. The lowest BCUT2D eigenvalue weighted by Gasteiger charge is -2.34. The van der Waals surface area contributed by atoms with E-state index in [1.54, 1.807) is 13.8 Å². The molecule has 1 saturated heterocycles. The van der Waals surface area contributed by atoms with E-state index in [0.717, 1.165) is 32.4 Å². The molecule has 1 aliphatic rings. The first-order valence-corrected chi connectivity index (χ1v) is 8.28. The van der Waals surface area contributed by atoms with Gasteiger partial charge >= 0.3 is 6.55 Å². The highest BCUT2D eigenvalue weighted by Crippen LogP contribution is 2.21. The average Bonchev–Trinajstić information content (AvgIpc) is 2.81. The predicted molar refractivity (Wildman–Crippen MR) is 91.8 cm³/mol. The molecule has 0 saturated carbocycles. The molecule has 1 aromatic rings. The molecule has 5 nitrogen and oxygen atoms in total. The first-order chi connectivity index (χ1) is 11.0. The number of alkyl halides is 2. The molecule has 2 heterocycles. The zero-order valence-corrected chi connectivity index (χ0v) is 15.3. The Morgan fingerprint density at radius 2 is 2.00 bits per heavy atom. The van der Waals surface area contributed by atoms with E-state index < -0.39 is 6.55 Å². The smallest absolute Gasteiger partial charge is 0.333 e. The van der Waals surface area contributed by atoms with E-state index >= 15 is 0 Å². The van der Waals surface area contributed by atoms with Crippen LogP contribution in [0.4, 0.5) is 8.78 Å². The van der Waals surface area contributed by atoms with E-state index in [2.05, 4.69) is 10.4 Å². The van der Waals surface area contributed by atoms with E-state index in [1.165, 1.54) is 0 Å². The molecular weight excluding hydrogens is 338 g/mol. The minimum Gasteiger partial charge on any atom is -0.339 e. The van der Waals surface area contributed by atoms with Crippen LogP contribution in [0.3, 0.4) is 0 Å². The van der Waals surface area contributed by atoms with E-state index in [-0.39, 0.29) is 30.8 Å². The van der Waals surface area contributed by atoms with Crippen LogP contribution in [0.2, 0.25) is 0 Å². The number of hydrogen-bond donors (Lipinski definition) is 1. The summed E-state index contributed by atoms with van der Waals surface area (Å²) in [5, 5.41) is 7.17. The molecule has 138 valence electrons. The maximum Gasteiger partial charge on any atom is 0.333 e. The quantitative estimate of drug-likeness (QED) is 0.844. The second kappa shape index (κ2) is 9.32. The maximum atomic E-state index is 12.9. The lowest BCUT2D eigenvalue weighted by Crippen LogP contribution is -2.47. The lowest BCUT2D eigenvalue weighted by atomic mass is 10.0. The van der Waals surface area contributed by atoms with Crippen molar-refractivity contribution in [2.75, 3.05) is 19.6 Å². The number of nitrogens with one attached hydrogen (secondary N) is 1. The Hall–Kier alpha value is -1.21. The van der Waals surface area contributed by atoms with Crippen LogP contribution in [0.25, 0.3) is 0 Å². The minimum absolute atomic E-state index is 0. The standard InChI is InChI=1S/C16H26F2N4O.ClH/c1-4-9-21(13-5-7-19-8-6-13)15(23)10-14-11(2)20-22(12(14)3)16(17)18;/h13,16,19H,4-10H2,1-3H3;1H. The molecule has 1 fully saturated rings. The summed E-state index contributed by atoms with van der Waals surface area (Å²) in [5.41, 5.74) is 1.52. The van der Waals surface area contributed by atoms with Gasteiger partial charge in [0.05, 0.1) is 12.1 Å². The molecule has 1 aliphatic heterocycles. The van der Waals surface area contributed by atoms with Crippen molar-refractivity contribution in [3.05, 3.63) is 17.0 Å². The summed E-state index contributed by atoms with van der Waals surface area (Å²) in [6.07, 6.45) is 2.93. The first kappa shape index (κ1) is 20.8. The molecule has 1 aromatic heterocycles. The summed E-state index contributed by atoms with van der Waals surface area (Å²) in [7, 11) is 0. The second-order valence-electron chi connectivity index (χ2n) is 6.12. The van der Waals surface area contributed by atoms with Gasteiger partial charge in [-0.15, -0.1) is 12.4 Å². The highest BCUT2D eigenvalue weighted by Gasteiger charge is 2.27. The number of halogens is 3. The van der Waals surface area contributed by atoms with Gasteiger partial charge in [0.25, 0.3) is 0 Å². The zero-order valence-electron chi connectivity index (χ0n) is 14.5. The summed E-state index contributed by atoms with van der Waals surface area (Å²) in [4.78, 5) is 14.7. The van der Waals surface area contributed by atoms with Crippen molar-refractivity contribution in [1.82, 2.24) is 20.0 Å². The number of aromatic nitrogens is 2. The highest BCUT2D eigenvalue weighted by atomic mass is 35.5. The number of piperidine rings is 1. The van der Waals surface area contributed by atoms with Crippen LogP contribution in [0.1, 0.15) is 49.7 Å². The number of carbonyl (C=O) groups is 1. The molecule has 0 spiro atoms. The van der Waals surface area contributed by atoms with Crippen molar-refractivity contribution < 1.29 is 13.6 Å². The monoisotopic (exact) mass is 364 g/mol. The van der Waals surface area contributed by atoms with Crippen LogP contribution < -0.4 is 5.32 Å². The van der Waals surface area contributed by atoms with E-state index in [9.17, 15) is 13.6 Å². The van der Waals surface area contributed by atoms with Crippen molar-refractivity contribution in [3.8, 4) is 0 Å². The van der Waals surface area contributed by atoms with Crippen LogP contribution in [-0.2, 0) is 11.2 Å². The molecule has 0 unspecified atom stereocenters.